The van der Waals surface area contributed by atoms with Crippen LogP contribution in [0.15, 0.2) is 53.2 Å². The highest BCUT2D eigenvalue weighted by molar-refractivity contribution is 5.92. The van der Waals surface area contributed by atoms with Crippen molar-refractivity contribution in [1.82, 2.24) is 9.88 Å². The van der Waals surface area contributed by atoms with Crippen LogP contribution in [0.1, 0.15) is 24.2 Å². The number of aromatic nitrogens is 1. The average Bonchev–Trinajstić information content (AvgIpc) is 3.30. The van der Waals surface area contributed by atoms with E-state index in [-0.39, 0.29) is 12.1 Å². The maximum atomic E-state index is 13.0. The fraction of sp³-hybridized carbons (Fsp3) is 0.333. The number of carbonyl (C=O) groups is 1. The number of fused-ring (bicyclic) bond motifs is 1. The summed E-state index contributed by atoms with van der Waals surface area (Å²) < 4.78 is 11.3. The van der Waals surface area contributed by atoms with E-state index in [4.69, 9.17) is 9.15 Å². The Morgan fingerprint density at radius 3 is 2.89 bits per heavy atom. The summed E-state index contributed by atoms with van der Waals surface area (Å²) in [5.74, 6) is 0.853. The fourth-order valence-electron chi connectivity index (χ4n) is 3.42. The smallest absolute Gasteiger partial charge is 0.322 e. The quantitative estimate of drug-likeness (QED) is 0.730. The van der Waals surface area contributed by atoms with E-state index in [9.17, 15) is 4.79 Å². The minimum absolute atomic E-state index is 0.0941. The van der Waals surface area contributed by atoms with Crippen molar-refractivity contribution in [3.63, 3.8) is 0 Å². The number of aryl methyl sites for hydroxylation is 1. The van der Waals surface area contributed by atoms with Gasteiger partial charge in [0.2, 0.25) is 0 Å². The van der Waals surface area contributed by atoms with Gasteiger partial charge >= 0.3 is 6.03 Å². The Balaban J connectivity index is 1.50. The molecule has 3 aromatic rings. The molecule has 140 valence electrons. The number of furan rings is 1. The molecule has 27 heavy (non-hydrogen) atoms. The topological polar surface area (TPSA) is 67.6 Å². The Hall–Kier alpha value is -2.86. The first-order valence-electron chi connectivity index (χ1n) is 9.24. The van der Waals surface area contributed by atoms with Crippen LogP contribution in [0.2, 0.25) is 0 Å². The molecule has 1 fully saturated rings. The molecule has 1 N–H and O–H groups in total. The van der Waals surface area contributed by atoms with E-state index in [1.165, 1.54) is 0 Å². The number of benzene rings is 1. The van der Waals surface area contributed by atoms with Crippen molar-refractivity contribution in [2.24, 2.45) is 0 Å². The van der Waals surface area contributed by atoms with Crippen molar-refractivity contribution >= 4 is 22.7 Å². The molecule has 6 nitrogen and oxygen atoms in total. The molecule has 0 aliphatic carbocycles. The van der Waals surface area contributed by atoms with Crippen molar-refractivity contribution in [2.45, 2.75) is 32.4 Å². The highest BCUT2D eigenvalue weighted by Crippen LogP contribution is 2.23. The highest BCUT2D eigenvalue weighted by Gasteiger charge is 2.23. The van der Waals surface area contributed by atoms with Crippen molar-refractivity contribution in [1.29, 1.82) is 0 Å². The molecule has 1 saturated heterocycles. The van der Waals surface area contributed by atoms with Crippen molar-refractivity contribution in [3.05, 3.63) is 60.1 Å². The van der Waals surface area contributed by atoms with E-state index < -0.39 is 0 Å². The van der Waals surface area contributed by atoms with E-state index >= 15 is 0 Å². The molecular weight excluding hydrogens is 342 g/mol. The van der Waals surface area contributed by atoms with Crippen molar-refractivity contribution < 1.29 is 13.9 Å². The first-order chi connectivity index (χ1) is 13.2. The van der Waals surface area contributed by atoms with Crippen LogP contribution in [0, 0.1) is 6.92 Å². The first-order valence-corrected chi connectivity index (χ1v) is 9.24. The van der Waals surface area contributed by atoms with Gasteiger partial charge in [-0.3, -0.25) is 4.98 Å². The van der Waals surface area contributed by atoms with Gasteiger partial charge in [0.05, 0.1) is 6.10 Å². The molecule has 4 rings (SSSR count). The highest BCUT2D eigenvalue weighted by atomic mass is 16.5. The fourth-order valence-corrected chi connectivity index (χ4v) is 3.42. The summed E-state index contributed by atoms with van der Waals surface area (Å²) in [5, 5.41) is 3.99. The summed E-state index contributed by atoms with van der Waals surface area (Å²) in [6.45, 7) is 3.77. The summed E-state index contributed by atoms with van der Waals surface area (Å²) in [5.41, 5.74) is 2.61. The number of urea groups is 1. The second kappa shape index (κ2) is 7.80. The maximum Gasteiger partial charge on any atom is 0.322 e. The summed E-state index contributed by atoms with van der Waals surface area (Å²) >= 11 is 0. The maximum absolute atomic E-state index is 13.0. The second-order valence-corrected chi connectivity index (χ2v) is 6.91. The number of nitrogens with one attached hydrogen (secondary N) is 1. The Kier molecular flexibility index (Phi) is 5.07. The predicted molar refractivity (Wildman–Crippen MR) is 104 cm³/mol. The van der Waals surface area contributed by atoms with Gasteiger partial charge in [0.25, 0.3) is 0 Å². The lowest BCUT2D eigenvalue weighted by Gasteiger charge is -2.26. The number of hydrogen-bond acceptors (Lipinski definition) is 4. The Morgan fingerprint density at radius 2 is 2.11 bits per heavy atom. The van der Waals surface area contributed by atoms with E-state index in [1.54, 1.807) is 17.3 Å². The Labute approximate surface area is 158 Å². The van der Waals surface area contributed by atoms with E-state index in [2.05, 4.69) is 10.3 Å². The van der Waals surface area contributed by atoms with E-state index in [1.807, 2.05) is 43.3 Å². The monoisotopic (exact) mass is 365 g/mol. The third-order valence-corrected chi connectivity index (χ3v) is 4.75. The summed E-state index contributed by atoms with van der Waals surface area (Å²) in [6, 6.07) is 11.4. The molecule has 0 spiro atoms. The molecule has 1 unspecified atom stereocenters. The van der Waals surface area contributed by atoms with Gasteiger partial charge in [0.1, 0.15) is 11.3 Å². The van der Waals surface area contributed by atoms with Crippen LogP contribution in [0.4, 0.5) is 10.5 Å². The zero-order valence-electron chi connectivity index (χ0n) is 15.4. The SMILES string of the molecule is Cc1cc2cc(NC(=O)N(Cc3ccncc3)CC3CCCO3)ccc2o1. The Bertz CT molecular complexity index is 917. The first kappa shape index (κ1) is 17.5. The van der Waals surface area contributed by atoms with Gasteiger partial charge in [-0.25, -0.2) is 4.79 Å². The van der Waals surface area contributed by atoms with Crippen LogP contribution in [0.5, 0.6) is 0 Å². The van der Waals surface area contributed by atoms with Gasteiger partial charge in [-0.15, -0.1) is 0 Å². The number of amides is 2. The van der Waals surface area contributed by atoms with Gasteiger partial charge in [0.15, 0.2) is 0 Å². The number of pyridine rings is 1. The minimum atomic E-state index is -0.137. The van der Waals surface area contributed by atoms with Crippen molar-refractivity contribution in [3.8, 4) is 0 Å². The minimum Gasteiger partial charge on any atom is -0.461 e. The number of nitrogens with zero attached hydrogens (tertiary/aromatic N) is 2. The summed E-state index contributed by atoms with van der Waals surface area (Å²) in [4.78, 5) is 18.8. The average molecular weight is 365 g/mol. The molecule has 0 bridgehead atoms. The molecule has 2 amide bonds. The molecule has 2 aromatic heterocycles. The number of anilines is 1. The van der Waals surface area contributed by atoms with Crippen molar-refractivity contribution in [2.75, 3.05) is 18.5 Å². The van der Waals surface area contributed by atoms with Crippen LogP contribution in [-0.2, 0) is 11.3 Å². The number of ether oxygens (including phenoxy) is 1. The molecule has 0 radical (unpaired) electrons. The molecule has 1 atom stereocenters. The predicted octanol–water partition coefficient (Wildman–Crippen LogP) is 4.35. The molecule has 1 aliphatic rings. The lowest BCUT2D eigenvalue weighted by Crippen LogP contribution is -2.39. The van der Waals surface area contributed by atoms with Gasteiger partial charge in [-0.1, -0.05) is 0 Å². The van der Waals surface area contributed by atoms with Crippen LogP contribution >= 0.6 is 0 Å². The number of carbonyl (C=O) groups excluding carboxylic acids is 1. The van der Waals surface area contributed by atoms with Gasteiger partial charge < -0.3 is 19.4 Å². The molecule has 0 saturated carbocycles. The van der Waals surface area contributed by atoms with E-state index in [0.29, 0.717) is 13.1 Å². The van der Waals surface area contributed by atoms with Crippen LogP contribution in [0.3, 0.4) is 0 Å². The van der Waals surface area contributed by atoms with Crippen LogP contribution in [0.25, 0.3) is 11.0 Å². The molecule has 3 heterocycles. The van der Waals surface area contributed by atoms with Gasteiger partial charge in [0, 0.05) is 43.2 Å². The lowest BCUT2D eigenvalue weighted by molar-refractivity contribution is 0.0819. The summed E-state index contributed by atoms with van der Waals surface area (Å²) in [7, 11) is 0. The zero-order chi connectivity index (χ0) is 18.6. The van der Waals surface area contributed by atoms with Crippen LogP contribution in [-0.4, -0.2) is 35.2 Å². The molecular formula is C21H23N3O3. The van der Waals surface area contributed by atoms with E-state index in [0.717, 1.165) is 47.4 Å². The summed E-state index contributed by atoms with van der Waals surface area (Å²) in [6.07, 6.45) is 5.61. The number of hydrogen-bond donors (Lipinski definition) is 1. The van der Waals surface area contributed by atoms with Gasteiger partial charge in [-0.2, -0.15) is 0 Å². The third kappa shape index (κ3) is 4.28. The largest absolute Gasteiger partial charge is 0.461 e. The molecule has 6 heteroatoms. The Morgan fingerprint density at radius 1 is 1.26 bits per heavy atom. The zero-order valence-corrected chi connectivity index (χ0v) is 15.4. The normalized spacial score (nSPS) is 16.6. The second-order valence-electron chi connectivity index (χ2n) is 6.91. The standard InChI is InChI=1S/C21H23N3O3/c1-15-11-17-12-18(4-5-20(17)27-15)23-21(25)24(14-19-3-2-10-26-19)13-16-6-8-22-9-7-16/h4-9,11-12,19H,2-3,10,13-14H2,1H3,(H,23,25). The van der Waals surface area contributed by atoms with Crippen LogP contribution < -0.4 is 5.32 Å². The third-order valence-electron chi connectivity index (χ3n) is 4.75. The van der Waals surface area contributed by atoms with Gasteiger partial charge in [-0.05, 0) is 61.7 Å². The molecule has 1 aliphatic heterocycles. The molecule has 1 aromatic carbocycles. The number of rotatable bonds is 5. The lowest BCUT2D eigenvalue weighted by atomic mass is 10.2.